The summed E-state index contributed by atoms with van der Waals surface area (Å²) in [5, 5.41) is 13.1. The number of halogens is 1. The summed E-state index contributed by atoms with van der Waals surface area (Å²) in [7, 11) is 3.19. The van der Waals surface area contributed by atoms with Gasteiger partial charge in [0.15, 0.2) is 11.5 Å². The van der Waals surface area contributed by atoms with E-state index in [1.807, 2.05) is 18.2 Å². The molecular weight excluding hydrogens is 360 g/mol. The van der Waals surface area contributed by atoms with Crippen molar-refractivity contribution in [2.45, 2.75) is 17.7 Å². The highest BCUT2D eigenvalue weighted by molar-refractivity contribution is 8.00. The van der Waals surface area contributed by atoms with Crippen LogP contribution in [-0.2, 0) is 0 Å². The van der Waals surface area contributed by atoms with Crippen LogP contribution < -0.4 is 19.5 Å². The summed E-state index contributed by atoms with van der Waals surface area (Å²) < 4.78 is 13.5. The maximum Gasteiger partial charge on any atom is 0.161 e. The normalized spacial score (nSPS) is 12.9. The van der Waals surface area contributed by atoms with Crippen molar-refractivity contribution in [2.75, 3.05) is 32.0 Å². The molecule has 1 saturated heterocycles. The van der Waals surface area contributed by atoms with Crippen LogP contribution in [0.3, 0.4) is 0 Å². The van der Waals surface area contributed by atoms with Gasteiger partial charge in [0.1, 0.15) is 5.75 Å². The Hall–Kier alpha value is -1.76. The molecule has 0 radical (unpaired) electrons. The van der Waals surface area contributed by atoms with Crippen molar-refractivity contribution in [3.63, 3.8) is 0 Å². The average molecular weight is 383 g/mol. The Morgan fingerprint density at radius 1 is 1.04 bits per heavy atom. The van der Waals surface area contributed by atoms with Crippen LogP contribution in [0.2, 0.25) is 5.02 Å². The van der Waals surface area contributed by atoms with Gasteiger partial charge in [0, 0.05) is 16.6 Å². The molecule has 1 fully saturated rings. The highest BCUT2D eigenvalue weighted by Gasteiger charge is 2.06. The van der Waals surface area contributed by atoms with Gasteiger partial charge in [0.2, 0.25) is 0 Å². The molecule has 0 unspecified atom stereocenters. The molecule has 136 valence electrons. The van der Waals surface area contributed by atoms with E-state index in [0.717, 1.165) is 10.6 Å². The van der Waals surface area contributed by atoms with Crippen molar-refractivity contribution in [2.24, 2.45) is 0 Å². The number of benzene rings is 2. The molecule has 0 aromatic heterocycles. The Labute approximate surface area is 157 Å². The number of nitrogens with one attached hydrogen (secondary N) is 2. The van der Waals surface area contributed by atoms with Gasteiger partial charge in [-0.1, -0.05) is 11.6 Å². The van der Waals surface area contributed by atoms with Crippen molar-refractivity contribution >= 4 is 29.2 Å². The van der Waals surface area contributed by atoms with Gasteiger partial charge < -0.3 is 24.6 Å². The fraction of sp³-hybridized carbons (Fsp3) is 0.333. The lowest BCUT2D eigenvalue weighted by Crippen LogP contribution is -2.03. The molecule has 5 nitrogen and oxygen atoms in total. The van der Waals surface area contributed by atoms with Crippen LogP contribution in [-0.4, -0.2) is 32.4 Å². The molecular formula is C18H23ClN2O3S. The maximum absolute atomic E-state index is 9.53. The maximum atomic E-state index is 9.53. The van der Waals surface area contributed by atoms with Crippen molar-refractivity contribution in [1.29, 1.82) is 0 Å². The van der Waals surface area contributed by atoms with Gasteiger partial charge in [-0.15, -0.1) is 0 Å². The lowest BCUT2D eigenvalue weighted by Gasteiger charge is -2.10. The molecule has 1 aliphatic rings. The molecule has 0 bridgehead atoms. The van der Waals surface area contributed by atoms with Crippen LogP contribution in [0.15, 0.2) is 41.3 Å². The third kappa shape index (κ3) is 6.23. The van der Waals surface area contributed by atoms with E-state index < -0.39 is 0 Å². The predicted molar refractivity (Wildman–Crippen MR) is 104 cm³/mol. The third-order valence-electron chi connectivity index (χ3n) is 3.54. The summed E-state index contributed by atoms with van der Waals surface area (Å²) in [6, 6.07) is 10.6. The average Bonchev–Trinajstić information content (AvgIpc) is 3.22. The number of anilines is 1. The van der Waals surface area contributed by atoms with E-state index in [1.54, 1.807) is 32.4 Å². The van der Waals surface area contributed by atoms with E-state index in [1.165, 1.54) is 37.9 Å². The first-order valence-electron chi connectivity index (χ1n) is 7.98. The monoisotopic (exact) mass is 382 g/mol. The Balaban J connectivity index is 0.000000386. The van der Waals surface area contributed by atoms with Crippen LogP contribution >= 0.6 is 23.5 Å². The Bertz CT molecular complexity index is 674. The van der Waals surface area contributed by atoms with Crippen molar-refractivity contribution < 1.29 is 14.6 Å². The van der Waals surface area contributed by atoms with Crippen molar-refractivity contribution in [1.82, 2.24) is 5.32 Å². The van der Waals surface area contributed by atoms with Crippen LogP contribution in [0.5, 0.6) is 17.2 Å². The van der Waals surface area contributed by atoms with Crippen LogP contribution in [0.25, 0.3) is 0 Å². The number of methoxy groups -OCH3 is 2. The highest BCUT2D eigenvalue weighted by atomic mass is 35.5. The smallest absolute Gasteiger partial charge is 0.161 e. The molecule has 0 saturated carbocycles. The fourth-order valence-corrected chi connectivity index (χ4v) is 2.98. The predicted octanol–water partition coefficient (Wildman–Crippen LogP) is 4.55. The Morgan fingerprint density at radius 3 is 2.32 bits per heavy atom. The molecule has 0 amide bonds. The number of ether oxygens (including phenoxy) is 2. The van der Waals surface area contributed by atoms with Crippen molar-refractivity contribution in [3.05, 3.63) is 41.4 Å². The summed E-state index contributed by atoms with van der Waals surface area (Å²) in [5.74, 6) is 1.39. The second kappa shape index (κ2) is 10.3. The zero-order valence-corrected chi connectivity index (χ0v) is 15.9. The third-order valence-corrected chi connectivity index (χ3v) is 4.69. The van der Waals surface area contributed by atoms with Gasteiger partial charge in [-0.3, -0.25) is 0 Å². The van der Waals surface area contributed by atoms with Crippen LogP contribution in [0.1, 0.15) is 12.8 Å². The number of hydrogen-bond donors (Lipinski definition) is 3. The molecule has 25 heavy (non-hydrogen) atoms. The summed E-state index contributed by atoms with van der Waals surface area (Å²) in [5.41, 5.74) is 0.756. The zero-order valence-electron chi connectivity index (χ0n) is 14.3. The van der Waals surface area contributed by atoms with Gasteiger partial charge in [-0.25, -0.2) is 0 Å². The minimum Gasteiger partial charge on any atom is -0.506 e. The minimum absolute atomic E-state index is 0.0459. The first-order chi connectivity index (χ1) is 12.1. The summed E-state index contributed by atoms with van der Waals surface area (Å²) >= 11 is 7.15. The SMILES string of the molecule is C1CCNC1.COc1ccc(SNc2ccc(Cl)c(O)c2)cc1OC. The van der Waals surface area contributed by atoms with E-state index in [4.69, 9.17) is 21.1 Å². The first-order valence-corrected chi connectivity index (χ1v) is 9.17. The number of phenolic OH excluding ortho intramolecular Hbond substituents is 1. The van der Waals surface area contributed by atoms with Gasteiger partial charge in [-0.05, 0) is 68.2 Å². The molecule has 2 aromatic rings. The molecule has 1 heterocycles. The molecule has 2 aromatic carbocycles. The number of hydrogen-bond acceptors (Lipinski definition) is 6. The molecule has 0 aliphatic carbocycles. The molecule has 1 aliphatic heterocycles. The van der Waals surface area contributed by atoms with Crippen LogP contribution in [0, 0.1) is 0 Å². The fourth-order valence-electron chi connectivity index (χ4n) is 2.20. The van der Waals surface area contributed by atoms with E-state index in [9.17, 15) is 5.11 Å². The van der Waals surface area contributed by atoms with E-state index in [-0.39, 0.29) is 5.75 Å². The number of aromatic hydroxyl groups is 1. The quantitative estimate of drug-likeness (QED) is 0.659. The number of phenols is 1. The van der Waals surface area contributed by atoms with Gasteiger partial charge in [-0.2, -0.15) is 0 Å². The first kappa shape index (κ1) is 19.6. The largest absolute Gasteiger partial charge is 0.506 e. The van der Waals surface area contributed by atoms with Gasteiger partial charge >= 0.3 is 0 Å². The number of rotatable bonds is 5. The van der Waals surface area contributed by atoms with Gasteiger partial charge in [0.25, 0.3) is 0 Å². The lowest BCUT2D eigenvalue weighted by molar-refractivity contribution is 0.354. The second-order valence-corrected chi connectivity index (χ2v) is 6.63. The Morgan fingerprint density at radius 2 is 1.76 bits per heavy atom. The van der Waals surface area contributed by atoms with E-state index in [2.05, 4.69) is 10.0 Å². The molecule has 3 rings (SSSR count). The summed E-state index contributed by atoms with van der Waals surface area (Å²) in [6.07, 6.45) is 2.78. The van der Waals surface area contributed by atoms with E-state index >= 15 is 0 Å². The minimum atomic E-state index is 0.0459. The summed E-state index contributed by atoms with van der Waals surface area (Å²) in [4.78, 5) is 0.956. The lowest BCUT2D eigenvalue weighted by atomic mass is 10.3. The molecule has 7 heteroatoms. The molecule has 0 spiro atoms. The van der Waals surface area contributed by atoms with Gasteiger partial charge in [0.05, 0.1) is 19.2 Å². The summed E-state index contributed by atoms with van der Waals surface area (Å²) in [6.45, 7) is 2.50. The van der Waals surface area contributed by atoms with Crippen LogP contribution in [0.4, 0.5) is 5.69 Å². The molecule has 3 N–H and O–H groups in total. The van der Waals surface area contributed by atoms with Crippen molar-refractivity contribution in [3.8, 4) is 17.2 Å². The Kier molecular flexibility index (Phi) is 8.04. The highest BCUT2D eigenvalue weighted by Crippen LogP contribution is 2.33. The second-order valence-electron chi connectivity index (χ2n) is 5.34. The zero-order chi connectivity index (χ0) is 18.1. The standard InChI is InChI=1S/C14H14ClNO3S.C4H9N/c1-18-13-6-4-10(8-14(13)19-2)20-16-9-3-5-11(15)12(17)7-9;1-2-4-5-3-1/h3-8,16-17H,1-2H3;5H,1-4H2. The molecule has 0 atom stereocenters. The van der Waals surface area contributed by atoms with E-state index in [0.29, 0.717) is 16.5 Å². The topological polar surface area (TPSA) is 62.8 Å².